The number of nitrogens with zero attached hydrogens (tertiary/aromatic N) is 4. The fourth-order valence-electron chi connectivity index (χ4n) is 2.79. The van der Waals surface area contributed by atoms with Crippen LogP contribution in [-0.2, 0) is 12.0 Å². The van der Waals surface area contributed by atoms with Gasteiger partial charge >= 0.3 is 0 Å². The highest BCUT2D eigenvalue weighted by Gasteiger charge is 2.20. The Labute approximate surface area is 134 Å². The Morgan fingerprint density at radius 1 is 1.14 bits per heavy atom. The molecule has 1 aliphatic heterocycles. The maximum atomic E-state index is 9.30. The summed E-state index contributed by atoms with van der Waals surface area (Å²) in [6.45, 7) is 13.8. The van der Waals surface area contributed by atoms with E-state index in [2.05, 4.69) is 47.5 Å². The molecule has 22 heavy (non-hydrogen) atoms. The highest BCUT2D eigenvalue weighted by atomic mass is 16.3. The van der Waals surface area contributed by atoms with Crippen LogP contribution in [0.3, 0.4) is 0 Å². The summed E-state index contributed by atoms with van der Waals surface area (Å²) in [4.78, 5) is 13.9. The summed E-state index contributed by atoms with van der Waals surface area (Å²) in [5.74, 6) is 0.898. The summed E-state index contributed by atoms with van der Waals surface area (Å²) in [7, 11) is 0. The molecule has 5 heteroatoms. The Balaban J connectivity index is 1.91. The van der Waals surface area contributed by atoms with Crippen LogP contribution in [-0.4, -0.2) is 63.7 Å². The van der Waals surface area contributed by atoms with Crippen molar-refractivity contribution in [2.75, 3.05) is 32.8 Å². The predicted molar refractivity (Wildman–Crippen MR) is 88.7 cm³/mol. The lowest BCUT2D eigenvalue weighted by molar-refractivity contribution is 0.136. The maximum Gasteiger partial charge on any atom is 0.133 e. The topological polar surface area (TPSA) is 52.5 Å². The zero-order valence-corrected chi connectivity index (χ0v) is 14.4. The minimum atomic E-state index is 0.00205. The number of hydrogen-bond acceptors (Lipinski definition) is 5. The van der Waals surface area contributed by atoms with Crippen molar-refractivity contribution in [2.45, 2.75) is 52.1 Å². The first kappa shape index (κ1) is 17.3. The first-order chi connectivity index (χ1) is 10.4. The van der Waals surface area contributed by atoms with Gasteiger partial charge in [0.05, 0.1) is 6.61 Å². The Morgan fingerprint density at radius 3 is 2.41 bits per heavy atom. The second-order valence-electron chi connectivity index (χ2n) is 7.36. The van der Waals surface area contributed by atoms with E-state index in [0.29, 0.717) is 0 Å². The molecule has 0 saturated carbocycles. The minimum Gasteiger partial charge on any atom is -0.395 e. The van der Waals surface area contributed by atoms with Crippen molar-refractivity contribution in [3.63, 3.8) is 0 Å². The molecule has 1 atom stereocenters. The van der Waals surface area contributed by atoms with Crippen molar-refractivity contribution in [3.05, 3.63) is 23.8 Å². The highest BCUT2D eigenvalue weighted by molar-refractivity contribution is 5.09. The van der Waals surface area contributed by atoms with E-state index in [1.807, 2.05) is 12.4 Å². The fourth-order valence-corrected chi connectivity index (χ4v) is 2.79. The molecular formula is C17H30N4O. The number of aliphatic hydroxyl groups excluding tert-OH is 1. The molecule has 2 heterocycles. The lowest BCUT2D eigenvalue weighted by Gasteiger charge is -2.26. The van der Waals surface area contributed by atoms with Gasteiger partial charge in [0, 0.05) is 49.0 Å². The highest BCUT2D eigenvalue weighted by Crippen LogP contribution is 2.17. The zero-order valence-electron chi connectivity index (χ0n) is 14.4. The van der Waals surface area contributed by atoms with Crippen LogP contribution in [0.1, 0.15) is 45.5 Å². The van der Waals surface area contributed by atoms with Gasteiger partial charge in [-0.15, -0.1) is 0 Å². The molecule has 1 aliphatic rings. The minimum absolute atomic E-state index is 0.00205. The summed E-state index contributed by atoms with van der Waals surface area (Å²) >= 11 is 0. The fraction of sp³-hybridized carbons (Fsp3) is 0.765. The third-order valence-corrected chi connectivity index (χ3v) is 4.29. The molecule has 0 bridgehead atoms. The first-order valence-corrected chi connectivity index (χ1v) is 8.29. The van der Waals surface area contributed by atoms with Crippen LogP contribution < -0.4 is 0 Å². The molecule has 0 aromatic carbocycles. The van der Waals surface area contributed by atoms with Gasteiger partial charge in [0.2, 0.25) is 0 Å². The van der Waals surface area contributed by atoms with Crippen molar-refractivity contribution >= 4 is 0 Å². The molecule has 1 N–H and O–H groups in total. The van der Waals surface area contributed by atoms with E-state index in [9.17, 15) is 5.11 Å². The van der Waals surface area contributed by atoms with E-state index >= 15 is 0 Å². The van der Waals surface area contributed by atoms with Gasteiger partial charge in [-0.25, -0.2) is 9.97 Å². The van der Waals surface area contributed by atoms with Crippen LogP contribution in [0.2, 0.25) is 0 Å². The monoisotopic (exact) mass is 306 g/mol. The van der Waals surface area contributed by atoms with Crippen LogP contribution in [0.5, 0.6) is 0 Å². The van der Waals surface area contributed by atoms with Gasteiger partial charge in [-0.2, -0.15) is 0 Å². The molecule has 1 fully saturated rings. The van der Waals surface area contributed by atoms with Crippen molar-refractivity contribution in [3.8, 4) is 0 Å². The summed E-state index contributed by atoms with van der Waals surface area (Å²) < 4.78 is 0. The Hall–Kier alpha value is -1.04. The lowest BCUT2D eigenvalue weighted by Crippen LogP contribution is -2.38. The zero-order chi connectivity index (χ0) is 16.2. The van der Waals surface area contributed by atoms with Crippen LogP contribution in [0, 0.1) is 0 Å². The molecular weight excluding hydrogens is 276 g/mol. The summed E-state index contributed by atoms with van der Waals surface area (Å²) in [5, 5.41) is 9.30. The van der Waals surface area contributed by atoms with Crippen LogP contribution in [0.4, 0.5) is 0 Å². The van der Waals surface area contributed by atoms with Crippen molar-refractivity contribution in [1.29, 1.82) is 0 Å². The molecule has 1 aromatic heterocycles. The second-order valence-corrected chi connectivity index (χ2v) is 7.36. The van der Waals surface area contributed by atoms with E-state index in [4.69, 9.17) is 0 Å². The van der Waals surface area contributed by atoms with Gasteiger partial charge in [0.1, 0.15) is 5.82 Å². The number of aliphatic hydroxyl groups is 1. The van der Waals surface area contributed by atoms with Crippen LogP contribution in [0.25, 0.3) is 0 Å². The molecule has 0 aliphatic carbocycles. The van der Waals surface area contributed by atoms with Gasteiger partial charge in [-0.3, -0.25) is 9.80 Å². The average Bonchev–Trinajstić information content (AvgIpc) is 2.72. The molecule has 124 valence electrons. The molecule has 1 unspecified atom stereocenters. The summed E-state index contributed by atoms with van der Waals surface area (Å²) in [6, 6.07) is 0.259. The average molecular weight is 306 g/mol. The summed E-state index contributed by atoms with van der Waals surface area (Å²) in [5.41, 5.74) is 1.18. The number of aromatic nitrogens is 2. The third-order valence-electron chi connectivity index (χ3n) is 4.29. The number of hydrogen-bond donors (Lipinski definition) is 1. The first-order valence-electron chi connectivity index (χ1n) is 8.29. The van der Waals surface area contributed by atoms with Gasteiger partial charge in [0.15, 0.2) is 0 Å². The Kier molecular flexibility index (Phi) is 5.89. The van der Waals surface area contributed by atoms with E-state index in [0.717, 1.165) is 45.0 Å². The largest absolute Gasteiger partial charge is 0.395 e. The van der Waals surface area contributed by atoms with Crippen LogP contribution in [0.15, 0.2) is 12.4 Å². The van der Waals surface area contributed by atoms with Gasteiger partial charge in [-0.05, 0) is 26.4 Å². The third kappa shape index (κ3) is 4.73. The SMILES string of the molecule is CC(CO)N1CCCN(Cc2cnc(C(C)(C)C)nc2)CC1. The number of rotatable bonds is 4. The molecule has 0 spiro atoms. The Morgan fingerprint density at radius 2 is 1.82 bits per heavy atom. The molecule has 2 rings (SSSR count). The molecule has 5 nitrogen and oxygen atoms in total. The molecule has 0 amide bonds. The van der Waals surface area contributed by atoms with Gasteiger partial charge in [0.25, 0.3) is 0 Å². The quantitative estimate of drug-likeness (QED) is 0.917. The summed E-state index contributed by atoms with van der Waals surface area (Å²) in [6.07, 6.45) is 5.07. The standard InChI is InChI=1S/C17H30N4O/c1-14(13-22)21-7-5-6-20(8-9-21)12-15-10-18-16(19-11-15)17(2,3)4/h10-11,14,22H,5-9,12-13H2,1-4H3. The van der Waals surface area contributed by atoms with E-state index in [1.54, 1.807) is 0 Å². The predicted octanol–water partition coefficient (Wildman–Crippen LogP) is 1.66. The smallest absolute Gasteiger partial charge is 0.133 e. The molecule has 0 radical (unpaired) electrons. The Bertz CT molecular complexity index is 455. The van der Waals surface area contributed by atoms with Crippen LogP contribution >= 0.6 is 0 Å². The molecule has 1 saturated heterocycles. The van der Waals surface area contributed by atoms with E-state index in [-0.39, 0.29) is 18.1 Å². The van der Waals surface area contributed by atoms with Crippen molar-refractivity contribution in [2.24, 2.45) is 0 Å². The normalized spacial score (nSPS) is 19.9. The van der Waals surface area contributed by atoms with Crippen molar-refractivity contribution < 1.29 is 5.11 Å². The molecule has 1 aromatic rings. The lowest BCUT2D eigenvalue weighted by atomic mass is 9.96. The van der Waals surface area contributed by atoms with Crippen molar-refractivity contribution in [1.82, 2.24) is 19.8 Å². The second kappa shape index (κ2) is 7.49. The van der Waals surface area contributed by atoms with E-state index < -0.39 is 0 Å². The van der Waals surface area contributed by atoms with Gasteiger partial charge < -0.3 is 5.11 Å². The van der Waals surface area contributed by atoms with Gasteiger partial charge in [-0.1, -0.05) is 20.8 Å². The maximum absolute atomic E-state index is 9.30. The van der Waals surface area contributed by atoms with E-state index in [1.165, 1.54) is 5.56 Å².